The average Bonchev–Trinajstić information content (AvgIpc) is 2.68. The molecule has 3 aromatic rings. The first-order chi connectivity index (χ1) is 12.6. The Morgan fingerprint density at radius 2 is 1.81 bits per heavy atom. The predicted octanol–water partition coefficient (Wildman–Crippen LogP) is 4.59. The summed E-state index contributed by atoms with van der Waals surface area (Å²) in [6.07, 6.45) is 5.32. The number of hydrogen-bond donors (Lipinski definition) is 2. The number of nitrogens with two attached hydrogens (primary N) is 1. The van der Waals surface area contributed by atoms with Crippen LogP contribution in [0, 0.1) is 0 Å². The summed E-state index contributed by atoms with van der Waals surface area (Å²) in [6, 6.07) is 16.9. The number of Topliss-reactive ketones (excluding diaryl/α,β-unsaturated/α-hetero) is 1. The van der Waals surface area contributed by atoms with E-state index in [1.54, 1.807) is 24.4 Å². The molecule has 4 nitrogen and oxygen atoms in total. The molecule has 0 spiro atoms. The summed E-state index contributed by atoms with van der Waals surface area (Å²) in [7, 11) is 9.53. The first-order valence-corrected chi connectivity index (χ1v) is 10.7. The molecule has 2 aromatic carbocycles. The Kier molecular flexibility index (Phi) is 5.97. The van der Waals surface area contributed by atoms with Crippen LogP contribution in [0.3, 0.4) is 0 Å². The van der Waals surface area contributed by atoms with Gasteiger partial charge in [-0.3, -0.25) is 15.5 Å². The first kappa shape index (κ1) is 18.9. The van der Waals surface area contributed by atoms with Gasteiger partial charge in [0.05, 0.1) is 11.2 Å². The van der Waals surface area contributed by atoms with Gasteiger partial charge in [-0.05, 0) is 17.7 Å². The summed E-state index contributed by atoms with van der Waals surface area (Å²) in [5, 5.41) is 4.20. The van der Waals surface area contributed by atoms with Gasteiger partial charge in [-0.1, -0.05) is 54.6 Å². The van der Waals surface area contributed by atoms with Crippen LogP contribution in [0.2, 0.25) is 0 Å². The van der Waals surface area contributed by atoms with Crippen molar-refractivity contribution in [2.24, 2.45) is 5.73 Å². The number of aromatic nitrogens is 1. The van der Waals surface area contributed by atoms with Gasteiger partial charge in [0, 0.05) is 17.1 Å². The number of fused-ring (bicyclic) bond motifs is 3. The van der Waals surface area contributed by atoms with Crippen LogP contribution >= 0.6 is 20.2 Å². The number of anilines is 1. The molecule has 0 amide bonds. The second-order valence-electron chi connectivity index (χ2n) is 5.68. The van der Waals surface area contributed by atoms with Gasteiger partial charge in [-0.2, -0.15) is 0 Å². The molecule has 0 radical (unpaired) electrons. The molecule has 0 saturated heterocycles. The molecule has 26 heavy (non-hydrogen) atoms. The maximum atomic E-state index is 12.8. The fourth-order valence-electron chi connectivity index (χ4n) is 2.86. The molecule has 1 aliphatic rings. The minimum atomic E-state index is -1.28. The van der Waals surface area contributed by atoms with Crippen LogP contribution in [-0.4, -0.2) is 16.4 Å². The molecule has 0 bridgehead atoms. The SMILES string of the molecule is NC1(C(=O)c2ccccc2)C=Cc2ccc3cccnc3c2N1.[Cl][Fe][Cl]. The zero-order valence-corrected chi connectivity index (χ0v) is 16.1. The Morgan fingerprint density at radius 3 is 2.54 bits per heavy atom. The first-order valence-electron chi connectivity index (χ1n) is 7.68. The topological polar surface area (TPSA) is 68.0 Å². The van der Waals surface area contributed by atoms with Crippen LogP contribution in [0.25, 0.3) is 17.0 Å². The Balaban J connectivity index is 0.000000613. The van der Waals surface area contributed by atoms with Crippen LogP contribution in [0.4, 0.5) is 5.69 Å². The third-order valence-electron chi connectivity index (χ3n) is 4.08. The van der Waals surface area contributed by atoms with E-state index in [2.05, 4.69) is 10.3 Å². The predicted molar refractivity (Wildman–Crippen MR) is 104 cm³/mol. The standard InChI is InChI=1S/C19H15N3O.2ClH.Fe/c20-19(18(23)15-5-2-1-3-6-15)11-10-14-9-8-13-7-4-12-21-16(13)17(14)22-19;;;/h1-12,22H,20H2;2*1H;/q;;;+2/p-2. The molecular formula is C19H15Cl2FeN3O. The summed E-state index contributed by atoms with van der Waals surface area (Å²) in [5.41, 5.74) is 8.23. The number of nitrogens with zero attached hydrogens (tertiary/aromatic N) is 1. The molecule has 0 fully saturated rings. The fourth-order valence-corrected chi connectivity index (χ4v) is 2.86. The van der Waals surface area contributed by atoms with E-state index in [0.29, 0.717) is 5.56 Å². The maximum absolute atomic E-state index is 12.8. The zero-order valence-electron chi connectivity index (χ0n) is 13.5. The molecule has 0 aliphatic carbocycles. The van der Waals surface area contributed by atoms with E-state index in [9.17, 15) is 4.79 Å². The van der Waals surface area contributed by atoms with E-state index in [0.717, 1.165) is 22.2 Å². The van der Waals surface area contributed by atoms with Crippen LogP contribution in [0.1, 0.15) is 15.9 Å². The van der Waals surface area contributed by atoms with Crippen molar-refractivity contribution in [1.29, 1.82) is 0 Å². The number of pyridine rings is 1. The summed E-state index contributed by atoms with van der Waals surface area (Å²) in [6.45, 7) is 0. The molecule has 1 unspecified atom stereocenters. The number of benzene rings is 2. The molecule has 3 N–H and O–H groups in total. The van der Waals surface area contributed by atoms with E-state index in [1.807, 2.05) is 48.5 Å². The molecule has 1 atom stereocenters. The summed E-state index contributed by atoms with van der Waals surface area (Å²) >= 11 is 0.194. The van der Waals surface area contributed by atoms with E-state index in [4.69, 9.17) is 25.9 Å². The van der Waals surface area contributed by atoms with Crippen LogP contribution < -0.4 is 11.1 Å². The third-order valence-corrected chi connectivity index (χ3v) is 4.08. The molecule has 2 heterocycles. The zero-order chi connectivity index (χ0) is 18.6. The number of carbonyl (C=O) groups excluding carboxylic acids is 1. The van der Waals surface area contributed by atoms with E-state index >= 15 is 0 Å². The molecule has 0 saturated carbocycles. The Labute approximate surface area is 166 Å². The quantitative estimate of drug-likeness (QED) is 0.463. The third kappa shape index (κ3) is 3.78. The number of hydrogen-bond acceptors (Lipinski definition) is 4. The number of halogens is 2. The summed E-state index contributed by atoms with van der Waals surface area (Å²) < 4.78 is 0. The van der Waals surface area contributed by atoms with E-state index in [1.165, 1.54) is 0 Å². The Bertz CT molecular complexity index is 965. The molecular weight excluding hydrogens is 413 g/mol. The number of nitrogens with one attached hydrogen (secondary N) is 1. The van der Waals surface area contributed by atoms with Gasteiger partial charge in [-0.25, -0.2) is 0 Å². The van der Waals surface area contributed by atoms with Crippen molar-refractivity contribution in [3.8, 4) is 0 Å². The van der Waals surface area contributed by atoms with Crippen LogP contribution in [-0.2, 0) is 13.1 Å². The van der Waals surface area contributed by atoms with Gasteiger partial charge in [0.2, 0.25) is 5.78 Å². The Hall–Kier alpha value is -1.88. The van der Waals surface area contributed by atoms with Gasteiger partial charge < -0.3 is 5.32 Å². The number of carbonyl (C=O) groups is 1. The van der Waals surface area contributed by atoms with Crippen molar-refractivity contribution in [3.05, 3.63) is 78.0 Å². The molecule has 1 aliphatic heterocycles. The van der Waals surface area contributed by atoms with Crippen LogP contribution in [0.15, 0.2) is 66.9 Å². The van der Waals surface area contributed by atoms with Crippen molar-refractivity contribution < 1.29 is 17.9 Å². The van der Waals surface area contributed by atoms with Crippen molar-refractivity contribution in [3.63, 3.8) is 0 Å². The summed E-state index contributed by atoms with van der Waals surface area (Å²) in [5.74, 6) is -0.173. The molecule has 1 aromatic heterocycles. The molecule has 134 valence electrons. The van der Waals surface area contributed by atoms with Gasteiger partial charge >= 0.3 is 33.3 Å². The second-order valence-corrected chi connectivity index (χ2v) is 7.50. The second kappa shape index (κ2) is 8.21. The normalized spacial score (nSPS) is 17.8. The van der Waals surface area contributed by atoms with Gasteiger partial charge in [0.25, 0.3) is 0 Å². The van der Waals surface area contributed by atoms with Crippen LogP contribution in [0.5, 0.6) is 0 Å². The van der Waals surface area contributed by atoms with E-state index in [-0.39, 0.29) is 18.9 Å². The minimum absolute atomic E-state index is 0.173. The van der Waals surface area contributed by atoms with Gasteiger partial charge in [0.15, 0.2) is 5.66 Å². The van der Waals surface area contributed by atoms with Gasteiger partial charge in [-0.15, -0.1) is 0 Å². The number of ketones is 1. The monoisotopic (exact) mass is 427 g/mol. The van der Waals surface area contributed by atoms with Crippen molar-refractivity contribution in [1.82, 2.24) is 4.98 Å². The van der Waals surface area contributed by atoms with E-state index < -0.39 is 5.66 Å². The van der Waals surface area contributed by atoms with Gasteiger partial charge in [0.1, 0.15) is 0 Å². The molecule has 7 heteroatoms. The summed E-state index contributed by atoms with van der Waals surface area (Å²) in [4.78, 5) is 17.2. The number of rotatable bonds is 2. The average molecular weight is 428 g/mol. The Morgan fingerprint density at radius 1 is 1.08 bits per heavy atom. The molecule has 4 rings (SSSR count). The van der Waals surface area contributed by atoms with Crippen molar-refractivity contribution in [2.75, 3.05) is 5.32 Å². The van der Waals surface area contributed by atoms with Crippen molar-refractivity contribution in [2.45, 2.75) is 5.66 Å². The fraction of sp³-hybridized carbons (Fsp3) is 0.0526. The van der Waals surface area contributed by atoms with Crippen molar-refractivity contribution >= 4 is 48.6 Å².